The van der Waals surface area contributed by atoms with Gasteiger partial charge in [-0.25, -0.2) is 4.98 Å². The van der Waals surface area contributed by atoms with Crippen molar-refractivity contribution in [2.75, 3.05) is 5.75 Å². The zero-order valence-electron chi connectivity index (χ0n) is 11.7. The van der Waals surface area contributed by atoms with Crippen LogP contribution in [0.15, 0.2) is 23.4 Å². The number of carbonyl (C=O) groups is 1. The lowest BCUT2D eigenvalue weighted by Crippen LogP contribution is -2.61. The van der Waals surface area contributed by atoms with E-state index in [4.69, 9.17) is 17.3 Å². The summed E-state index contributed by atoms with van der Waals surface area (Å²) >= 11 is 7.36. The van der Waals surface area contributed by atoms with E-state index in [1.54, 1.807) is 24.0 Å². The summed E-state index contributed by atoms with van der Waals surface area (Å²) < 4.78 is 0. The minimum atomic E-state index is -0.639. The van der Waals surface area contributed by atoms with Gasteiger partial charge in [-0.1, -0.05) is 11.6 Å². The number of halogens is 1. The summed E-state index contributed by atoms with van der Waals surface area (Å²) in [5.41, 5.74) is 5.05. The number of nitrogens with one attached hydrogen (secondary N) is 1. The lowest BCUT2D eigenvalue weighted by atomic mass is 9.93. The van der Waals surface area contributed by atoms with E-state index in [1.807, 2.05) is 19.9 Å². The maximum atomic E-state index is 12.0. The second-order valence-corrected chi connectivity index (χ2v) is 6.94. The maximum absolute atomic E-state index is 12.0. The van der Waals surface area contributed by atoms with Gasteiger partial charge in [0.05, 0.1) is 10.0 Å². The molecule has 1 heterocycles. The molecule has 6 heteroatoms. The Bertz CT molecular complexity index is 476. The van der Waals surface area contributed by atoms with Crippen LogP contribution in [-0.4, -0.2) is 28.2 Å². The molecule has 0 saturated heterocycles. The maximum Gasteiger partial charge on any atom is 0.238 e. The Kier molecular flexibility index (Phi) is 4.94. The van der Waals surface area contributed by atoms with Crippen molar-refractivity contribution < 1.29 is 4.79 Å². The van der Waals surface area contributed by atoms with Crippen LogP contribution in [0.5, 0.6) is 0 Å². The van der Waals surface area contributed by atoms with Crippen molar-refractivity contribution in [2.45, 2.75) is 43.3 Å². The summed E-state index contributed by atoms with van der Waals surface area (Å²) in [5.74, 6) is 0.664. The highest BCUT2D eigenvalue weighted by Crippen LogP contribution is 2.42. The molecule has 0 aromatic carbocycles. The van der Waals surface area contributed by atoms with Crippen LogP contribution in [0.2, 0.25) is 5.02 Å². The molecule has 1 atom stereocenters. The molecule has 3 N–H and O–H groups in total. The summed E-state index contributed by atoms with van der Waals surface area (Å²) in [6.45, 7) is 4.07. The van der Waals surface area contributed by atoms with Crippen LogP contribution in [0.3, 0.4) is 0 Å². The van der Waals surface area contributed by atoms with Crippen molar-refractivity contribution in [3.63, 3.8) is 0 Å². The molecule has 1 aliphatic rings. The van der Waals surface area contributed by atoms with Gasteiger partial charge in [0.25, 0.3) is 0 Å². The number of hydrogen-bond donors (Lipinski definition) is 2. The van der Waals surface area contributed by atoms with E-state index in [0.717, 1.165) is 17.9 Å². The van der Waals surface area contributed by atoms with Crippen LogP contribution >= 0.6 is 23.4 Å². The Morgan fingerprint density at radius 1 is 1.60 bits per heavy atom. The number of nitrogens with zero attached hydrogens (tertiary/aromatic N) is 1. The minimum absolute atomic E-state index is 0.210. The van der Waals surface area contributed by atoms with Gasteiger partial charge in [0.15, 0.2) is 0 Å². The third-order valence-electron chi connectivity index (χ3n) is 3.41. The highest BCUT2D eigenvalue weighted by atomic mass is 35.5. The second kappa shape index (κ2) is 6.33. The fourth-order valence-corrected chi connectivity index (χ4v) is 3.59. The number of hydrogen-bond acceptors (Lipinski definition) is 4. The minimum Gasteiger partial charge on any atom is -0.368 e. The smallest absolute Gasteiger partial charge is 0.238 e. The first kappa shape index (κ1) is 15.6. The Balaban J connectivity index is 2.11. The summed E-state index contributed by atoms with van der Waals surface area (Å²) in [6, 6.07) is 3.87. The van der Waals surface area contributed by atoms with Crippen molar-refractivity contribution in [1.82, 2.24) is 10.3 Å². The van der Waals surface area contributed by atoms with Crippen molar-refractivity contribution in [1.29, 1.82) is 0 Å². The van der Waals surface area contributed by atoms with E-state index in [2.05, 4.69) is 10.3 Å². The zero-order chi connectivity index (χ0) is 14.8. The fourth-order valence-electron chi connectivity index (χ4n) is 2.35. The normalized spacial score (nSPS) is 18.0. The zero-order valence-corrected chi connectivity index (χ0v) is 13.3. The lowest BCUT2D eigenvalue weighted by molar-refractivity contribution is -0.124. The van der Waals surface area contributed by atoms with Gasteiger partial charge in [-0.05, 0) is 44.7 Å². The number of thioether (sulfide) groups is 1. The molecule has 20 heavy (non-hydrogen) atoms. The van der Waals surface area contributed by atoms with E-state index in [9.17, 15) is 4.79 Å². The standard InChI is InChI=1S/C14H20ClN3OS/c1-9(2)18-14(13(16)19,10-3-4-10)8-20-12-6-5-11(15)7-17-12/h5-7,9-10,18H,3-4,8H2,1-2H3,(H2,16,19). The molecule has 0 spiro atoms. The monoisotopic (exact) mass is 313 g/mol. The molecule has 1 fully saturated rings. The molecular weight excluding hydrogens is 294 g/mol. The number of pyridine rings is 1. The van der Waals surface area contributed by atoms with Gasteiger partial charge >= 0.3 is 0 Å². The van der Waals surface area contributed by atoms with Crippen LogP contribution in [0, 0.1) is 5.92 Å². The molecule has 0 aliphatic heterocycles. The average Bonchev–Trinajstić information content (AvgIpc) is 3.20. The molecule has 2 rings (SSSR count). The van der Waals surface area contributed by atoms with Crippen LogP contribution in [0.1, 0.15) is 26.7 Å². The van der Waals surface area contributed by atoms with Gasteiger partial charge in [-0.2, -0.15) is 0 Å². The fraction of sp³-hybridized carbons (Fsp3) is 0.571. The van der Waals surface area contributed by atoms with E-state index < -0.39 is 5.54 Å². The van der Waals surface area contributed by atoms with Crippen molar-refractivity contribution in [3.05, 3.63) is 23.4 Å². The molecule has 110 valence electrons. The van der Waals surface area contributed by atoms with Crippen LogP contribution in [0.4, 0.5) is 0 Å². The van der Waals surface area contributed by atoms with Gasteiger partial charge in [-0.15, -0.1) is 11.8 Å². The molecule has 1 unspecified atom stereocenters. The van der Waals surface area contributed by atoms with Gasteiger partial charge in [0.1, 0.15) is 5.54 Å². The number of nitrogens with two attached hydrogens (primary N) is 1. The first-order valence-electron chi connectivity index (χ1n) is 6.76. The van der Waals surface area contributed by atoms with Gasteiger partial charge in [0.2, 0.25) is 5.91 Å². The molecular formula is C14H20ClN3OS. The Morgan fingerprint density at radius 3 is 2.75 bits per heavy atom. The predicted octanol–water partition coefficient (Wildman–Crippen LogP) is 2.46. The molecule has 1 aliphatic carbocycles. The van der Waals surface area contributed by atoms with Gasteiger partial charge < -0.3 is 11.1 Å². The van der Waals surface area contributed by atoms with Crippen molar-refractivity contribution in [3.8, 4) is 0 Å². The van der Waals surface area contributed by atoms with E-state index in [-0.39, 0.29) is 11.9 Å². The number of rotatable bonds is 7. The Labute approximate surface area is 128 Å². The van der Waals surface area contributed by atoms with E-state index in [1.165, 1.54) is 0 Å². The first-order valence-corrected chi connectivity index (χ1v) is 8.12. The number of primary amides is 1. The second-order valence-electron chi connectivity index (χ2n) is 5.51. The molecule has 0 bridgehead atoms. The highest BCUT2D eigenvalue weighted by molar-refractivity contribution is 7.99. The lowest BCUT2D eigenvalue weighted by Gasteiger charge is -2.33. The van der Waals surface area contributed by atoms with E-state index >= 15 is 0 Å². The number of aromatic nitrogens is 1. The topological polar surface area (TPSA) is 68.0 Å². The molecule has 0 radical (unpaired) electrons. The number of carbonyl (C=O) groups excluding carboxylic acids is 1. The Morgan fingerprint density at radius 2 is 2.30 bits per heavy atom. The molecule has 1 saturated carbocycles. The Hall–Kier alpha value is -0.780. The molecule has 1 aromatic rings. The first-order chi connectivity index (χ1) is 9.44. The summed E-state index contributed by atoms with van der Waals surface area (Å²) in [4.78, 5) is 16.3. The quantitative estimate of drug-likeness (QED) is 0.759. The summed E-state index contributed by atoms with van der Waals surface area (Å²) in [6.07, 6.45) is 3.72. The highest BCUT2D eigenvalue weighted by Gasteiger charge is 2.50. The molecule has 4 nitrogen and oxygen atoms in total. The summed E-state index contributed by atoms with van der Waals surface area (Å²) in [7, 11) is 0. The van der Waals surface area contributed by atoms with Gasteiger partial charge in [0, 0.05) is 18.0 Å². The van der Waals surface area contributed by atoms with Crippen LogP contribution in [-0.2, 0) is 4.79 Å². The van der Waals surface area contributed by atoms with Gasteiger partial charge in [-0.3, -0.25) is 4.79 Å². The van der Waals surface area contributed by atoms with E-state index in [0.29, 0.717) is 16.7 Å². The molecule has 1 amide bonds. The van der Waals surface area contributed by atoms with Crippen molar-refractivity contribution in [2.24, 2.45) is 11.7 Å². The number of amides is 1. The van der Waals surface area contributed by atoms with Crippen LogP contribution in [0.25, 0.3) is 0 Å². The summed E-state index contributed by atoms with van der Waals surface area (Å²) in [5, 5.41) is 4.85. The SMILES string of the molecule is CC(C)NC(CSc1ccc(Cl)cn1)(C(N)=O)C1CC1. The van der Waals surface area contributed by atoms with Crippen molar-refractivity contribution >= 4 is 29.3 Å². The average molecular weight is 314 g/mol. The third-order valence-corrected chi connectivity index (χ3v) is 4.77. The largest absolute Gasteiger partial charge is 0.368 e. The third kappa shape index (κ3) is 3.65. The predicted molar refractivity (Wildman–Crippen MR) is 82.9 cm³/mol. The van der Waals surface area contributed by atoms with Crippen LogP contribution < -0.4 is 11.1 Å². The molecule has 1 aromatic heterocycles.